The molecule has 0 unspecified atom stereocenters. The summed E-state index contributed by atoms with van der Waals surface area (Å²) in [6, 6.07) is 11.9. The molecule has 3 heterocycles. The van der Waals surface area contributed by atoms with Gasteiger partial charge in [0, 0.05) is 17.1 Å². The normalized spacial score (nSPS) is 14.2. The number of aromatic nitrogens is 4. The summed E-state index contributed by atoms with van der Waals surface area (Å²) in [7, 11) is 0. The van der Waals surface area contributed by atoms with Crippen molar-refractivity contribution in [1.29, 1.82) is 0 Å². The lowest BCUT2D eigenvalue weighted by Crippen LogP contribution is -2.21. The molecule has 0 spiro atoms. The number of aryl methyl sites for hydroxylation is 1. The third kappa shape index (κ3) is 3.83. The number of fused-ring (bicyclic) bond motifs is 2. The van der Waals surface area contributed by atoms with Gasteiger partial charge in [-0.25, -0.2) is 14.5 Å². The van der Waals surface area contributed by atoms with Gasteiger partial charge in [-0.15, -0.1) is 0 Å². The van der Waals surface area contributed by atoms with Crippen LogP contribution in [0.3, 0.4) is 0 Å². The number of carboxylic acid groups (broad SMARTS) is 1. The second-order valence-corrected chi connectivity index (χ2v) is 8.72. The van der Waals surface area contributed by atoms with Gasteiger partial charge in [0.25, 0.3) is 5.56 Å². The summed E-state index contributed by atoms with van der Waals surface area (Å²) in [6.07, 6.45) is 2.53. The minimum absolute atomic E-state index is 0.0882. The van der Waals surface area contributed by atoms with Gasteiger partial charge in [-0.2, -0.15) is 5.10 Å². The number of halogens is 2. The standard InChI is InChI=1S/C24H18Cl2N4O3/c1-13-19(21(26)30(28-13)12-14-2-5-17(25)6-3-14)10-15-8-9-29-22(15)27-20-11-16(24(32)33)4-7-18(20)23(29)31/h2-7,10-11H,8-9,12H2,1H3,(H,32,33)/b15-10+. The number of aromatic carboxylic acids is 1. The Morgan fingerprint density at radius 3 is 2.67 bits per heavy atom. The van der Waals surface area contributed by atoms with Crippen molar-refractivity contribution >= 4 is 51.7 Å². The largest absolute Gasteiger partial charge is 0.478 e. The second-order valence-electron chi connectivity index (χ2n) is 7.92. The Hall–Kier alpha value is -3.42. The van der Waals surface area contributed by atoms with Crippen LogP contribution in [0.5, 0.6) is 0 Å². The summed E-state index contributed by atoms with van der Waals surface area (Å²) in [6.45, 7) is 2.88. The number of carbonyl (C=O) groups is 1. The topological polar surface area (TPSA) is 90.0 Å². The number of benzene rings is 2. The molecular weight excluding hydrogens is 463 g/mol. The molecule has 7 nitrogen and oxygen atoms in total. The van der Waals surface area contributed by atoms with Gasteiger partial charge in [0.15, 0.2) is 0 Å². The van der Waals surface area contributed by atoms with Gasteiger partial charge in [-0.05, 0) is 60.9 Å². The van der Waals surface area contributed by atoms with Crippen LogP contribution in [-0.2, 0) is 13.1 Å². The molecule has 0 saturated heterocycles. The Kier molecular flexibility index (Phi) is 5.31. The van der Waals surface area contributed by atoms with Crippen molar-refractivity contribution in [3.05, 3.63) is 91.2 Å². The molecule has 4 aromatic rings. The quantitative estimate of drug-likeness (QED) is 0.448. The summed E-state index contributed by atoms with van der Waals surface area (Å²) in [5.74, 6) is -0.540. The summed E-state index contributed by atoms with van der Waals surface area (Å²) in [5.41, 5.74) is 3.66. The first-order chi connectivity index (χ1) is 15.8. The smallest absolute Gasteiger partial charge is 0.335 e. The van der Waals surface area contributed by atoms with Crippen LogP contribution in [0.4, 0.5) is 0 Å². The Bertz CT molecular complexity index is 1520. The molecule has 9 heteroatoms. The van der Waals surface area contributed by atoms with Crippen LogP contribution in [0.15, 0.2) is 47.3 Å². The van der Waals surface area contributed by atoms with Crippen LogP contribution in [0.25, 0.3) is 22.6 Å². The predicted molar refractivity (Wildman–Crippen MR) is 128 cm³/mol. The molecule has 0 fully saturated rings. The van der Waals surface area contributed by atoms with Crippen LogP contribution in [0.1, 0.15) is 39.4 Å². The summed E-state index contributed by atoms with van der Waals surface area (Å²) in [5, 5.41) is 15.4. The van der Waals surface area contributed by atoms with Crippen molar-refractivity contribution in [1.82, 2.24) is 19.3 Å². The van der Waals surface area contributed by atoms with Crippen molar-refractivity contribution in [3.8, 4) is 0 Å². The van der Waals surface area contributed by atoms with E-state index in [0.717, 1.165) is 22.4 Å². The lowest BCUT2D eigenvalue weighted by atomic mass is 10.1. The highest BCUT2D eigenvalue weighted by Gasteiger charge is 2.23. The zero-order valence-electron chi connectivity index (χ0n) is 17.5. The first kappa shape index (κ1) is 21.4. The summed E-state index contributed by atoms with van der Waals surface area (Å²) < 4.78 is 3.34. The number of allylic oxidation sites excluding steroid dienone is 1. The first-order valence-corrected chi connectivity index (χ1v) is 11.0. The van der Waals surface area contributed by atoms with Crippen LogP contribution >= 0.6 is 23.2 Å². The fourth-order valence-corrected chi connectivity index (χ4v) is 4.48. The van der Waals surface area contributed by atoms with E-state index in [2.05, 4.69) is 10.1 Å². The van der Waals surface area contributed by atoms with Crippen LogP contribution in [-0.4, -0.2) is 30.4 Å². The van der Waals surface area contributed by atoms with Crippen molar-refractivity contribution in [3.63, 3.8) is 0 Å². The first-order valence-electron chi connectivity index (χ1n) is 10.3. The van der Waals surface area contributed by atoms with Crippen LogP contribution in [0, 0.1) is 6.92 Å². The number of rotatable bonds is 4. The average Bonchev–Trinajstić information content (AvgIpc) is 3.31. The van der Waals surface area contributed by atoms with E-state index < -0.39 is 5.97 Å². The highest BCUT2D eigenvalue weighted by atomic mass is 35.5. The van der Waals surface area contributed by atoms with E-state index in [4.69, 9.17) is 23.2 Å². The van der Waals surface area contributed by atoms with Gasteiger partial charge >= 0.3 is 5.97 Å². The fraction of sp³-hybridized carbons (Fsp3) is 0.167. The minimum atomic E-state index is -1.06. The van der Waals surface area contributed by atoms with E-state index in [1.165, 1.54) is 18.2 Å². The molecule has 166 valence electrons. The molecule has 0 amide bonds. The molecule has 2 aromatic carbocycles. The highest BCUT2D eigenvalue weighted by Crippen LogP contribution is 2.31. The molecule has 1 aliphatic heterocycles. The van der Waals surface area contributed by atoms with Gasteiger partial charge in [-0.3, -0.25) is 9.36 Å². The molecule has 0 bridgehead atoms. The van der Waals surface area contributed by atoms with Crippen LogP contribution in [0.2, 0.25) is 10.2 Å². The molecule has 33 heavy (non-hydrogen) atoms. The molecule has 1 aliphatic rings. The van der Waals surface area contributed by atoms with Gasteiger partial charge in [0.2, 0.25) is 0 Å². The highest BCUT2D eigenvalue weighted by molar-refractivity contribution is 6.31. The molecule has 0 aliphatic carbocycles. The maximum absolute atomic E-state index is 13.0. The Morgan fingerprint density at radius 2 is 1.94 bits per heavy atom. The molecular formula is C24H18Cl2N4O3. The molecule has 2 aromatic heterocycles. The number of hydrogen-bond donors (Lipinski definition) is 1. The van der Waals surface area contributed by atoms with Gasteiger partial charge in [0.05, 0.1) is 28.7 Å². The van der Waals surface area contributed by atoms with E-state index in [9.17, 15) is 14.7 Å². The molecule has 5 rings (SSSR count). The lowest BCUT2D eigenvalue weighted by molar-refractivity contribution is 0.0697. The fourth-order valence-electron chi connectivity index (χ4n) is 4.06. The maximum Gasteiger partial charge on any atom is 0.335 e. The SMILES string of the molecule is Cc1nn(Cc2ccc(Cl)cc2)c(Cl)c1/C=C1\CCn2c1nc1cc(C(=O)O)ccc1c2=O. The Labute approximate surface area is 198 Å². The second kappa shape index (κ2) is 8.17. The third-order valence-electron chi connectivity index (χ3n) is 5.77. The Balaban J connectivity index is 1.56. The average molecular weight is 481 g/mol. The summed E-state index contributed by atoms with van der Waals surface area (Å²) in [4.78, 5) is 28.9. The predicted octanol–water partition coefficient (Wildman–Crippen LogP) is 4.90. The van der Waals surface area contributed by atoms with Crippen molar-refractivity contribution < 1.29 is 9.90 Å². The number of hydrogen-bond acceptors (Lipinski definition) is 4. The number of carboxylic acids is 1. The van der Waals surface area contributed by atoms with E-state index in [-0.39, 0.29) is 11.1 Å². The monoisotopic (exact) mass is 480 g/mol. The zero-order valence-corrected chi connectivity index (χ0v) is 19.1. The lowest BCUT2D eigenvalue weighted by Gasteiger charge is -2.06. The molecule has 0 radical (unpaired) electrons. The van der Waals surface area contributed by atoms with Gasteiger partial charge < -0.3 is 5.11 Å². The maximum atomic E-state index is 13.0. The molecule has 1 N–H and O–H groups in total. The van der Waals surface area contributed by atoms with E-state index in [1.807, 2.05) is 37.3 Å². The van der Waals surface area contributed by atoms with Crippen LogP contribution < -0.4 is 5.56 Å². The van der Waals surface area contributed by atoms with Crippen molar-refractivity contribution in [2.45, 2.75) is 26.4 Å². The third-order valence-corrected chi connectivity index (χ3v) is 6.42. The minimum Gasteiger partial charge on any atom is -0.478 e. The van der Waals surface area contributed by atoms with Crippen molar-refractivity contribution in [2.75, 3.05) is 0 Å². The van der Waals surface area contributed by atoms with Crippen molar-refractivity contribution in [2.24, 2.45) is 0 Å². The van der Waals surface area contributed by atoms with Gasteiger partial charge in [-0.1, -0.05) is 35.3 Å². The molecule has 0 atom stereocenters. The number of nitrogens with zero attached hydrogens (tertiary/aromatic N) is 4. The van der Waals surface area contributed by atoms with Gasteiger partial charge in [0.1, 0.15) is 11.0 Å². The zero-order chi connectivity index (χ0) is 23.3. The van der Waals surface area contributed by atoms with E-state index in [1.54, 1.807) is 9.25 Å². The summed E-state index contributed by atoms with van der Waals surface area (Å²) >= 11 is 12.6. The molecule has 0 saturated carbocycles. The Morgan fingerprint density at radius 1 is 1.18 bits per heavy atom. The van der Waals surface area contributed by atoms with E-state index in [0.29, 0.717) is 46.4 Å². The van der Waals surface area contributed by atoms with E-state index >= 15 is 0 Å².